The molecular weight excluding hydrogens is 272 g/mol. The zero-order chi connectivity index (χ0) is 13.5. The fraction of sp³-hybridized carbons (Fsp3) is 0.417. The summed E-state index contributed by atoms with van der Waals surface area (Å²) in [7, 11) is -0.867. The Kier molecular flexibility index (Phi) is 6.32. The number of benzene rings is 1. The van der Waals surface area contributed by atoms with E-state index in [-0.39, 0.29) is 18.5 Å². The molecular formula is C12H17ClN2O2S. The van der Waals surface area contributed by atoms with E-state index < -0.39 is 10.8 Å². The van der Waals surface area contributed by atoms with Crippen molar-refractivity contribution in [3.8, 4) is 0 Å². The van der Waals surface area contributed by atoms with Crippen molar-refractivity contribution >= 4 is 34.0 Å². The summed E-state index contributed by atoms with van der Waals surface area (Å²) in [6.07, 6.45) is 1.64. The predicted molar refractivity (Wildman–Crippen MR) is 76.5 cm³/mol. The molecule has 0 saturated heterocycles. The quantitative estimate of drug-likeness (QED) is 0.837. The van der Waals surface area contributed by atoms with Crippen molar-refractivity contribution < 1.29 is 9.00 Å². The van der Waals surface area contributed by atoms with Crippen LogP contribution in [0.3, 0.4) is 0 Å². The standard InChI is InChI=1S/C12H17ClN2O2S/c1-9(8-18(2)17)14-7-12(16)15-11-6-4-3-5-10(11)13/h3-6,9,14H,7-8H2,1-2H3,(H,15,16). The molecule has 4 nitrogen and oxygen atoms in total. The third kappa shape index (κ3) is 5.62. The molecule has 2 N–H and O–H groups in total. The summed E-state index contributed by atoms with van der Waals surface area (Å²) in [5.41, 5.74) is 0.595. The second-order valence-electron chi connectivity index (χ2n) is 4.05. The van der Waals surface area contributed by atoms with E-state index in [4.69, 9.17) is 11.6 Å². The van der Waals surface area contributed by atoms with Crippen LogP contribution in [0.25, 0.3) is 0 Å². The SMILES string of the molecule is CC(CS(C)=O)NCC(=O)Nc1ccccc1Cl. The molecule has 0 aromatic heterocycles. The van der Waals surface area contributed by atoms with E-state index in [0.717, 1.165) is 0 Å². The molecule has 1 aromatic carbocycles. The largest absolute Gasteiger partial charge is 0.324 e. The second kappa shape index (κ2) is 7.51. The van der Waals surface area contributed by atoms with E-state index in [1.165, 1.54) is 0 Å². The first-order valence-electron chi connectivity index (χ1n) is 5.57. The molecule has 18 heavy (non-hydrogen) atoms. The van der Waals surface area contributed by atoms with Gasteiger partial charge in [-0.3, -0.25) is 9.00 Å². The molecule has 0 saturated carbocycles. The molecule has 0 spiro atoms. The van der Waals surface area contributed by atoms with Crippen LogP contribution in [0.1, 0.15) is 6.92 Å². The summed E-state index contributed by atoms with van der Waals surface area (Å²) in [6.45, 7) is 2.06. The average Bonchev–Trinajstić information content (AvgIpc) is 2.29. The third-order valence-corrected chi connectivity index (χ3v) is 3.54. The Morgan fingerprint density at radius 1 is 1.44 bits per heavy atom. The molecule has 0 aliphatic carbocycles. The lowest BCUT2D eigenvalue weighted by Crippen LogP contribution is -2.37. The fourth-order valence-corrected chi connectivity index (χ4v) is 2.44. The van der Waals surface area contributed by atoms with Gasteiger partial charge in [0.15, 0.2) is 0 Å². The highest BCUT2D eigenvalue weighted by molar-refractivity contribution is 7.84. The van der Waals surface area contributed by atoms with Gasteiger partial charge in [-0.2, -0.15) is 0 Å². The second-order valence-corrected chi connectivity index (χ2v) is 5.94. The van der Waals surface area contributed by atoms with Crippen LogP contribution in [-0.2, 0) is 15.6 Å². The smallest absolute Gasteiger partial charge is 0.238 e. The van der Waals surface area contributed by atoms with Crippen molar-refractivity contribution in [1.29, 1.82) is 0 Å². The Balaban J connectivity index is 2.39. The zero-order valence-corrected chi connectivity index (χ0v) is 12.0. The van der Waals surface area contributed by atoms with E-state index in [1.807, 2.05) is 6.92 Å². The van der Waals surface area contributed by atoms with E-state index in [0.29, 0.717) is 16.5 Å². The first-order chi connectivity index (χ1) is 8.49. The Morgan fingerprint density at radius 3 is 2.72 bits per heavy atom. The molecule has 0 aliphatic heterocycles. The summed E-state index contributed by atoms with van der Waals surface area (Å²) in [5.74, 6) is 0.358. The Bertz CT molecular complexity index is 440. The van der Waals surface area contributed by atoms with E-state index >= 15 is 0 Å². The van der Waals surface area contributed by atoms with Gasteiger partial charge in [-0.15, -0.1) is 0 Å². The minimum atomic E-state index is -0.867. The number of hydrogen-bond donors (Lipinski definition) is 2. The van der Waals surface area contributed by atoms with Gasteiger partial charge >= 0.3 is 0 Å². The molecule has 0 fully saturated rings. The van der Waals surface area contributed by atoms with Crippen molar-refractivity contribution in [1.82, 2.24) is 5.32 Å². The molecule has 2 unspecified atom stereocenters. The molecule has 1 amide bonds. The van der Waals surface area contributed by atoms with Gasteiger partial charge in [-0.25, -0.2) is 0 Å². The van der Waals surface area contributed by atoms with Gasteiger partial charge in [0.1, 0.15) is 0 Å². The molecule has 100 valence electrons. The van der Waals surface area contributed by atoms with Crippen LogP contribution in [0.15, 0.2) is 24.3 Å². The fourth-order valence-electron chi connectivity index (χ4n) is 1.43. The number of nitrogens with one attached hydrogen (secondary N) is 2. The maximum atomic E-state index is 11.6. The monoisotopic (exact) mass is 288 g/mol. The number of anilines is 1. The van der Waals surface area contributed by atoms with Gasteiger partial charge in [0, 0.05) is 28.9 Å². The van der Waals surface area contributed by atoms with Gasteiger partial charge in [-0.1, -0.05) is 23.7 Å². The van der Waals surface area contributed by atoms with Crippen LogP contribution >= 0.6 is 11.6 Å². The highest BCUT2D eigenvalue weighted by atomic mass is 35.5. The average molecular weight is 289 g/mol. The van der Waals surface area contributed by atoms with Crippen LogP contribution < -0.4 is 10.6 Å². The molecule has 0 aliphatic rings. The van der Waals surface area contributed by atoms with Crippen LogP contribution in [0, 0.1) is 0 Å². The van der Waals surface area contributed by atoms with Gasteiger partial charge in [0.25, 0.3) is 0 Å². The number of amides is 1. The lowest BCUT2D eigenvalue weighted by Gasteiger charge is -2.12. The molecule has 0 radical (unpaired) electrons. The third-order valence-electron chi connectivity index (χ3n) is 2.24. The number of para-hydroxylation sites is 1. The summed E-state index contributed by atoms with van der Waals surface area (Å²) >= 11 is 5.92. The zero-order valence-electron chi connectivity index (χ0n) is 10.4. The first kappa shape index (κ1) is 15.1. The normalized spacial score (nSPS) is 13.9. The number of carbonyl (C=O) groups is 1. The number of rotatable bonds is 6. The maximum Gasteiger partial charge on any atom is 0.238 e. The van der Waals surface area contributed by atoms with Crippen LogP contribution in [0.4, 0.5) is 5.69 Å². The van der Waals surface area contributed by atoms with Crippen molar-refractivity contribution in [2.24, 2.45) is 0 Å². The molecule has 6 heteroatoms. The lowest BCUT2D eigenvalue weighted by atomic mass is 10.3. The number of hydrogen-bond acceptors (Lipinski definition) is 3. The summed E-state index contributed by atoms with van der Waals surface area (Å²) in [6, 6.07) is 7.10. The number of carbonyl (C=O) groups excluding carboxylic acids is 1. The first-order valence-corrected chi connectivity index (χ1v) is 7.67. The molecule has 1 aromatic rings. The highest BCUT2D eigenvalue weighted by Crippen LogP contribution is 2.19. The Morgan fingerprint density at radius 2 is 2.11 bits per heavy atom. The summed E-state index contributed by atoms with van der Waals surface area (Å²) < 4.78 is 11.0. The Hall–Kier alpha value is -0.910. The molecule has 1 rings (SSSR count). The van der Waals surface area contributed by atoms with E-state index in [1.54, 1.807) is 30.5 Å². The topological polar surface area (TPSA) is 58.2 Å². The summed E-state index contributed by atoms with van der Waals surface area (Å²) in [5, 5.41) is 6.22. The van der Waals surface area contributed by atoms with Crippen molar-refractivity contribution in [3.63, 3.8) is 0 Å². The van der Waals surface area contributed by atoms with Gasteiger partial charge in [-0.05, 0) is 19.1 Å². The van der Waals surface area contributed by atoms with Crippen molar-refractivity contribution in [2.45, 2.75) is 13.0 Å². The molecule has 2 atom stereocenters. The van der Waals surface area contributed by atoms with E-state index in [2.05, 4.69) is 10.6 Å². The highest BCUT2D eigenvalue weighted by Gasteiger charge is 2.08. The van der Waals surface area contributed by atoms with Gasteiger partial charge in [0.05, 0.1) is 17.3 Å². The van der Waals surface area contributed by atoms with Crippen LogP contribution in [0.5, 0.6) is 0 Å². The van der Waals surface area contributed by atoms with Crippen LogP contribution in [-0.4, -0.2) is 34.7 Å². The van der Waals surface area contributed by atoms with Crippen molar-refractivity contribution in [2.75, 3.05) is 23.9 Å². The minimum absolute atomic E-state index is 0.0350. The predicted octanol–water partition coefficient (Wildman–Crippen LogP) is 1.64. The molecule has 0 bridgehead atoms. The summed E-state index contributed by atoms with van der Waals surface area (Å²) in [4.78, 5) is 11.6. The number of halogens is 1. The lowest BCUT2D eigenvalue weighted by molar-refractivity contribution is -0.115. The Labute approximate surface area is 115 Å². The van der Waals surface area contributed by atoms with Crippen LogP contribution in [0.2, 0.25) is 5.02 Å². The van der Waals surface area contributed by atoms with Crippen molar-refractivity contribution in [3.05, 3.63) is 29.3 Å². The maximum absolute atomic E-state index is 11.6. The van der Waals surface area contributed by atoms with Gasteiger partial charge < -0.3 is 10.6 Å². The minimum Gasteiger partial charge on any atom is -0.324 e. The van der Waals surface area contributed by atoms with E-state index in [9.17, 15) is 9.00 Å². The van der Waals surface area contributed by atoms with Gasteiger partial charge in [0.2, 0.25) is 5.91 Å². The molecule has 0 heterocycles.